The summed E-state index contributed by atoms with van der Waals surface area (Å²) in [6.45, 7) is 11.3. The van der Waals surface area contributed by atoms with E-state index in [4.69, 9.17) is 4.74 Å². The van der Waals surface area contributed by atoms with Crippen molar-refractivity contribution in [3.8, 4) is 0 Å². The van der Waals surface area contributed by atoms with E-state index < -0.39 is 0 Å². The van der Waals surface area contributed by atoms with Gasteiger partial charge in [-0.3, -0.25) is 4.90 Å². The molecule has 3 nitrogen and oxygen atoms in total. The highest BCUT2D eigenvalue weighted by Gasteiger charge is 2.24. The summed E-state index contributed by atoms with van der Waals surface area (Å²) in [6, 6.07) is 0.838. The van der Waals surface area contributed by atoms with Crippen LogP contribution in [0.4, 0.5) is 0 Å². The monoisotopic (exact) mass is 226 g/mol. The van der Waals surface area contributed by atoms with Crippen LogP contribution in [0, 0.1) is 5.92 Å². The second kappa shape index (κ2) is 5.48. The van der Waals surface area contributed by atoms with Gasteiger partial charge in [0.15, 0.2) is 0 Å². The molecule has 1 heterocycles. The quantitative estimate of drug-likeness (QED) is 0.768. The number of nitrogens with zero attached hydrogens (tertiary/aromatic N) is 1. The van der Waals surface area contributed by atoms with E-state index in [1.165, 1.54) is 25.9 Å². The molecule has 1 saturated heterocycles. The van der Waals surface area contributed by atoms with Gasteiger partial charge in [-0.25, -0.2) is 0 Å². The number of morpholine rings is 1. The molecule has 1 aliphatic carbocycles. The molecule has 1 aliphatic heterocycles. The summed E-state index contributed by atoms with van der Waals surface area (Å²) in [5, 5.41) is 3.61. The van der Waals surface area contributed by atoms with Gasteiger partial charge in [-0.1, -0.05) is 6.92 Å². The second-order valence-electron chi connectivity index (χ2n) is 5.76. The molecule has 2 fully saturated rings. The van der Waals surface area contributed by atoms with E-state index in [1.807, 2.05) is 0 Å². The number of nitrogens with one attached hydrogen (secondary N) is 1. The van der Waals surface area contributed by atoms with Gasteiger partial charge in [0.1, 0.15) is 0 Å². The number of hydrogen-bond donors (Lipinski definition) is 1. The molecule has 0 spiro atoms. The Morgan fingerprint density at radius 1 is 1.25 bits per heavy atom. The molecule has 2 aliphatic rings. The molecule has 16 heavy (non-hydrogen) atoms. The third-order valence-corrected chi connectivity index (χ3v) is 3.40. The lowest BCUT2D eigenvalue weighted by molar-refractivity contribution is -0.0708. The minimum absolute atomic E-state index is 0.396. The van der Waals surface area contributed by atoms with E-state index >= 15 is 0 Å². The highest BCUT2D eigenvalue weighted by atomic mass is 16.5. The van der Waals surface area contributed by atoms with Crippen molar-refractivity contribution in [2.75, 3.05) is 26.2 Å². The summed E-state index contributed by atoms with van der Waals surface area (Å²) in [5.41, 5.74) is 0. The van der Waals surface area contributed by atoms with E-state index in [1.54, 1.807) is 0 Å². The van der Waals surface area contributed by atoms with Gasteiger partial charge in [-0.05, 0) is 39.2 Å². The van der Waals surface area contributed by atoms with Crippen molar-refractivity contribution in [1.82, 2.24) is 10.2 Å². The van der Waals surface area contributed by atoms with Crippen LogP contribution >= 0.6 is 0 Å². The zero-order chi connectivity index (χ0) is 11.5. The summed E-state index contributed by atoms with van der Waals surface area (Å²) >= 11 is 0. The highest BCUT2D eigenvalue weighted by molar-refractivity contribution is 4.82. The van der Waals surface area contributed by atoms with Gasteiger partial charge < -0.3 is 10.1 Å². The van der Waals surface area contributed by atoms with Gasteiger partial charge in [0.2, 0.25) is 0 Å². The predicted octanol–water partition coefficient (Wildman–Crippen LogP) is 1.48. The number of ether oxygens (including phenoxy) is 1. The van der Waals surface area contributed by atoms with Crippen LogP contribution < -0.4 is 5.32 Å². The fraction of sp³-hybridized carbons (Fsp3) is 1.00. The minimum atomic E-state index is 0.396. The number of hydrogen-bond acceptors (Lipinski definition) is 3. The van der Waals surface area contributed by atoms with E-state index in [2.05, 4.69) is 31.0 Å². The molecular formula is C13H26N2O. The molecule has 94 valence electrons. The Balaban J connectivity index is 1.66. The molecule has 0 aromatic rings. The first kappa shape index (κ1) is 12.3. The normalized spacial score (nSPS) is 33.9. The van der Waals surface area contributed by atoms with Crippen molar-refractivity contribution in [3.05, 3.63) is 0 Å². The first-order valence-electron chi connectivity index (χ1n) is 6.74. The lowest BCUT2D eigenvalue weighted by Crippen LogP contribution is -2.47. The fourth-order valence-electron chi connectivity index (χ4n) is 2.59. The summed E-state index contributed by atoms with van der Waals surface area (Å²) in [7, 11) is 0. The fourth-order valence-corrected chi connectivity index (χ4v) is 2.59. The maximum Gasteiger partial charge on any atom is 0.0678 e. The standard InChI is InChI=1S/C13H26N2O/c1-10(6-14-13-4-5-13)7-15-8-11(2)16-12(3)9-15/h10-14H,4-9H2,1-3H3. The van der Waals surface area contributed by atoms with Crippen LogP contribution in [-0.4, -0.2) is 49.3 Å². The predicted molar refractivity (Wildman–Crippen MR) is 66.6 cm³/mol. The first-order valence-corrected chi connectivity index (χ1v) is 6.74. The molecule has 0 aromatic carbocycles. The van der Waals surface area contributed by atoms with E-state index in [-0.39, 0.29) is 0 Å². The van der Waals surface area contributed by atoms with Crippen molar-refractivity contribution >= 4 is 0 Å². The van der Waals surface area contributed by atoms with Crippen LogP contribution in [0.5, 0.6) is 0 Å². The second-order valence-corrected chi connectivity index (χ2v) is 5.76. The molecular weight excluding hydrogens is 200 g/mol. The Morgan fingerprint density at radius 2 is 1.88 bits per heavy atom. The number of rotatable bonds is 5. The van der Waals surface area contributed by atoms with E-state index in [0.717, 1.165) is 25.0 Å². The molecule has 0 amide bonds. The van der Waals surface area contributed by atoms with Crippen LogP contribution in [0.3, 0.4) is 0 Å². The van der Waals surface area contributed by atoms with Crippen molar-refractivity contribution in [1.29, 1.82) is 0 Å². The van der Waals surface area contributed by atoms with Crippen LogP contribution in [-0.2, 0) is 4.74 Å². The molecule has 0 aromatic heterocycles. The summed E-state index contributed by atoms with van der Waals surface area (Å²) < 4.78 is 5.75. The van der Waals surface area contributed by atoms with Gasteiger partial charge in [0, 0.05) is 25.7 Å². The smallest absolute Gasteiger partial charge is 0.0678 e. The van der Waals surface area contributed by atoms with Crippen LogP contribution in [0.15, 0.2) is 0 Å². The SMILES string of the molecule is CC(CNC1CC1)CN1CC(C)OC(C)C1. The molecule has 0 radical (unpaired) electrons. The molecule has 3 unspecified atom stereocenters. The van der Waals surface area contributed by atoms with Gasteiger partial charge in [-0.15, -0.1) is 0 Å². The first-order chi connectivity index (χ1) is 7.63. The van der Waals surface area contributed by atoms with Gasteiger partial charge >= 0.3 is 0 Å². The Labute approximate surface area is 99.5 Å². The molecule has 1 N–H and O–H groups in total. The van der Waals surface area contributed by atoms with Crippen LogP contribution in [0.2, 0.25) is 0 Å². The Hall–Kier alpha value is -0.120. The van der Waals surface area contributed by atoms with Crippen molar-refractivity contribution in [2.24, 2.45) is 5.92 Å². The lowest BCUT2D eigenvalue weighted by Gasteiger charge is -2.36. The summed E-state index contributed by atoms with van der Waals surface area (Å²) in [5.74, 6) is 0.748. The van der Waals surface area contributed by atoms with Gasteiger partial charge in [-0.2, -0.15) is 0 Å². The Morgan fingerprint density at radius 3 is 2.44 bits per heavy atom. The molecule has 2 rings (SSSR count). The van der Waals surface area contributed by atoms with Crippen LogP contribution in [0.25, 0.3) is 0 Å². The zero-order valence-corrected chi connectivity index (χ0v) is 10.9. The van der Waals surface area contributed by atoms with Gasteiger partial charge in [0.25, 0.3) is 0 Å². The van der Waals surface area contributed by atoms with E-state index in [0.29, 0.717) is 12.2 Å². The van der Waals surface area contributed by atoms with Crippen molar-refractivity contribution < 1.29 is 4.74 Å². The molecule has 1 saturated carbocycles. The topological polar surface area (TPSA) is 24.5 Å². The zero-order valence-electron chi connectivity index (χ0n) is 10.9. The highest BCUT2D eigenvalue weighted by Crippen LogP contribution is 2.19. The van der Waals surface area contributed by atoms with E-state index in [9.17, 15) is 0 Å². The maximum atomic E-state index is 5.75. The van der Waals surface area contributed by atoms with Crippen LogP contribution in [0.1, 0.15) is 33.6 Å². The molecule has 0 bridgehead atoms. The average molecular weight is 226 g/mol. The summed E-state index contributed by atoms with van der Waals surface area (Å²) in [4.78, 5) is 2.55. The third kappa shape index (κ3) is 4.04. The van der Waals surface area contributed by atoms with Gasteiger partial charge in [0.05, 0.1) is 12.2 Å². The van der Waals surface area contributed by atoms with Crippen molar-refractivity contribution in [3.63, 3.8) is 0 Å². The third-order valence-electron chi connectivity index (χ3n) is 3.40. The molecule has 3 atom stereocenters. The maximum absolute atomic E-state index is 5.75. The Bertz CT molecular complexity index is 208. The Kier molecular flexibility index (Phi) is 4.22. The summed E-state index contributed by atoms with van der Waals surface area (Å²) in [6.07, 6.45) is 3.57. The largest absolute Gasteiger partial charge is 0.373 e. The average Bonchev–Trinajstić information content (AvgIpc) is 2.96. The lowest BCUT2D eigenvalue weighted by atomic mass is 10.1. The minimum Gasteiger partial charge on any atom is -0.373 e. The van der Waals surface area contributed by atoms with Crippen molar-refractivity contribution in [2.45, 2.75) is 51.9 Å². The molecule has 3 heteroatoms.